The van der Waals surface area contributed by atoms with Crippen LogP contribution in [0.5, 0.6) is 5.75 Å². The first-order chi connectivity index (χ1) is 18.9. The Balaban J connectivity index is 2.15. The summed E-state index contributed by atoms with van der Waals surface area (Å²) in [5.74, 6) is -4.62. The molecule has 0 bridgehead atoms. The van der Waals surface area contributed by atoms with Crippen LogP contribution in [0.1, 0.15) is 44.1 Å². The Morgan fingerprint density at radius 2 is 1.70 bits per heavy atom. The van der Waals surface area contributed by atoms with Crippen molar-refractivity contribution in [3.8, 4) is 5.75 Å². The lowest BCUT2D eigenvalue weighted by Gasteiger charge is -2.28. The molecule has 1 aliphatic heterocycles. The second kappa shape index (κ2) is 15.3. The quantitative estimate of drug-likeness (QED) is 0.0672. The van der Waals surface area contributed by atoms with Crippen molar-refractivity contribution in [3.05, 3.63) is 29.8 Å². The predicted molar refractivity (Wildman–Crippen MR) is 143 cm³/mol. The van der Waals surface area contributed by atoms with E-state index >= 15 is 0 Å². The molecule has 1 aromatic rings. The molecule has 15 nitrogen and oxygen atoms in total. The molecule has 3 amide bonds. The van der Waals surface area contributed by atoms with E-state index in [-0.39, 0.29) is 24.6 Å². The molecule has 0 spiro atoms. The number of carbonyl (C=O) groups excluding carboxylic acids is 3. The number of guanidine groups is 1. The molecule has 0 saturated carbocycles. The van der Waals surface area contributed by atoms with E-state index in [1.165, 1.54) is 29.2 Å². The maximum Gasteiger partial charge on any atom is 0.326 e. The number of benzene rings is 1. The molecular formula is C25H37N7O8. The molecule has 4 unspecified atom stereocenters. The number of hydrogen-bond donors (Lipinski definition) is 8. The summed E-state index contributed by atoms with van der Waals surface area (Å²) < 4.78 is 0. The minimum atomic E-state index is -1.50. The van der Waals surface area contributed by atoms with E-state index in [0.29, 0.717) is 44.3 Å². The van der Waals surface area contributed by atoms with Gasteiger partial charge in [0.1, 0.15) is 23.9 Å². The third kappa shape index (κ3) is 10.1. The van der Waals surface area contributed by atoms with Crippen LogP contribution in [0.4, 0.5) is 0 Å². The zero-order valence-electron chi connectivity index (χ0n) is 22.0. The van der Waals surface area contributed by atoms with Gasteiger partial charge in [0, 0.05) is 25.9 Å². The molecule has 0 aliphatic carbocycles. The molecule has 1 aromatic carbocycles. The highest BCUT2D eigenvalue weighted by Gasteiger charge is 2.38. The fraction of sp³-hybridized carbons (Fsp3) is 0.520. The first-order valence-electron chi connectivity index (χ1n) is 12.8. The molecular weight excluding hydrogens is 526 g/mol. The molecule has 11 N–H and O–H groups in total. The second-order valence-corrected chi connectivity index (χ2v) is 9.51. The number of carbonyl (C=O) groups is 5. The smallest absolute Gasteiger partial charge is 0.326 e. The summed E-state index contributed by atoms with van der Waals surface area (Å²) in [6, 6.07) is 1.33. The highest BCUT2D eigenvalue weighted by atomic mass is 16.4. The van der Waals surface area contributed by atoms with Crippen molar-refractivity contribution in [2.24, 2.45) is 22.2 Å². The van der Waals surface area contributed by atoms with Gasteiger partial charge >= 0.3 is 11.9 Å². The van der Waals surface area contributed by atoms with Gasteiger partial charge in [0.25, 0.3) is 0 Å². The Kier molecular flexibility index (Phi) is 12.1. The van der Waals surface area contributed by atoms with Crippen LogP contribution in [0.3, 0.4) is 0 Å². The standard InChI is InChI=1S/C25H37N7O8/c26-16(3-1-11-29-25(27)28)23(38)32-12-2-4-19(32)22(37)31-18(13-14-5-7-15(33)8-6-14)21(36)30-17(24(39)40)9-10-20(34)35/h5-8,16-19,33H,1-4,9-13,26H2,(H,30,36)(H,31,37)(H,34,35)(H,39,40)(H4,27,28,29). The van der Waals surface area contributed by atoms with Crippen molar-refractivity contribution >= 4 is 35.6 Å². The van der Waals surface area contributed by atoms with Crippen molar-refractivity contribution in [3.63, 3.8) is 0 Å². The number of likely N-dealkylation sites (tertiary alicyclic amines) is 1. The van der Waals surface area contributed by atoms with Gasteiger partial charge in [-0.15, -0.1) is 0 Å². The fourth-order valence-electron chi connectivity index (χ4n) is 4.30. The molecule has 0 aromatic heterocycles. The van der Waals surface area contributed by atoms with E-state index in [1.54, 1.807) is 0 Å². The number of amides is 3. The van der Waals surface area contributed by atoms with Gasteiger partial charge in [0.2, 0.25) is 17.7 Å². The van der Waals surface area contributed by atoms with E-state index in [1.807, 2.05) is 0 Å². The monoisotopic (exact) mass is 563 g/mol. The van der Waals surface area contributed by atoms with E-state index < -0.39 is 60.2 Å². The van der Waals surface area contributed by atoms with Gasteiger partial charge in [-0.3, -0.25) is 24.2 Å². The Morgan fingerprint density at radius 1 is 1.02 bits per heavy atom. The Bertz CT molecular complexity index is 1090. The normalized spacial score (nSPS) is 16.8. The third-order valence-corrected chi connectivity index (χ3v) is 6.39. The number of rotatable bonds is 15. The maximum atomic E-state index is 13.3. The number of phenols is 1. The minimum Gasteiger partial charge on any atom is -0.508 e. The fourth-order valence-corrected chi connectivity index (χ4v) is 4.30. The SMILES string of the molecule is NC(N)=NCCCC(N)C(=O)N1CCCC1C(=O)NC(Cc1ccc(O)cc1)C(=O)NC(CCC(=O)O)C(=O)O. The molecule has 220 valence electrons. The molecule has 0 radical (unpaired) electrons. The maximum absolute atomic E-state index is 13.3. The Hall–Kier alpha value is -4.40. The predicted octanol–water partition coefficient (Wildman–Crippen LogP) is -1.77. The number of aromatic hydroxyl groups is 1. The van der Waals surface area contributed by atoms with Crippen molar-refractivity contribution in [2.75, 3.05) is 13.1 Å². The molecule has 1 saturated heterocycles. The number of carboxylic acids is 2. The number of phenolic OH excluding ortho intramolecular Hbond substituents is 1. The van der Waals surface area contributed by atoms with Crippen molar-refractivity contribution in [1.29, 1.82) is 0 Å². The lowest BCUT2D eigenvalue weighted by molar-refractivity contribution is -0.144. The number of aliphatic imine (C=N–C) groups is 1. The van der Waals surface area contributed by atoms with Crippen LogP contribution in [0.25, 0.3) is 0 Å². The topological polar surface area (TPSA) is 264 Å². The third-order valence-electron chi connectivity index (χ3n) is 6.39. The molecule has 15 heteroatoms. The average molecular weight is 564 g/mol. The highest BCUT2D eigenvalue weighted by molar-refractivity contribution is 5.94. The summed E-state index contributed by atoms with van der Waals surface area (Å²) in [6.45, 7) is 0.592. The number of aliphatic carboxylic acids is 2. The van der Waals surface area contributed by atoms with Crippen LogP contribution >= 0.6 is 0 Å². The first kappa shape index (κ1) is 31.8. The first-order valence-corrected chi connectivity index (χ1v) is 12.8. The minimum absolute atomic E-state index is 0.0110. The van der Waals surface area contributed by atoms with Gasteiger partial charge in [-0.1, -0.05) is 12.1 Å². The molecule has 1 aliphatic rings. The summed E-state index contributed by atoms with van der Waals surface area (Å²) in [5.41, 5.74) is 17.2. The van der Waals surface area contributed by atoms with Crippen LogP contribution in [0, 0.1) is 0 Å². The average Bonchev–Trinajstić information content (AvgIpc) is 3.39. The molecule has 1 heterocycles. The zero-order valence-corrected chi connectivity index (χ0v) is 22.0. The van der Waals surface area contributed by atoms with Crippen molar-refractivity contribution in [1.82, 2.24) is 15.5 Å². The summed E-state index contributed by atoms with van der Waals surface area (Å²) >= 11 is 0. The largest absolute Gasteiger partial charge is 0.508 e. The zero-order chi connectivity index (χ0) is 29.8. The van der Waals surface area contributed by atoms with Crippen LogP contribution in [-0.4, -0.2) is 93.1 Å². The lowest BCUT2D eigenvalue weighted by Crippen LogP contribution is -2.57. The van der Waals surface area contributed by atoms with E-state index in [0.717, 1.165) is 0 Å². The highest BCUT2D eigenvalue weighted by Crippen LogP contribution is 2.20. The van der Waals surface area contributed by atoms with Crippen LogP contribution in [-0.2, 0) is 30.4 Å². The van der Waals surface area contributed by atoms with Gasteiger partial charge in [0.15, 0.2) is 5.96 Å². The summed E-state index contributed by atoms with van der Waals surface area (Å²) in [7, 11) is 0. The summed E-state index contributed by atoms with van der Waals surface area (Å²) in [4.78, 5) is 67.2. The van der Waals surface area contributed by atoms with Crippen molar-refractivity contribution < 1.29 is 39.3 Å². The number of nitrogens with two attached hydrogens (primary N) is 3. The molecule has 4 atom stereocenters. The number of hydrogen-bond acceptors (Lipinski definition) is 8. The number of nitrogens with one attached hydrogen (secondary N) is 2. The van der Waals surface area contributed by atoms with Gasteiger partial charge in [-0.25, -0.2) is 4.79 Å². The van der Waals surface area contributed by atoms with E-state index in [9.17, 15) is 34.2 Å². The van der Waals surface area contributed by atoms with Gasteiger partial charge in [-0.2, -0.15) is 0 Å². The van der Waals surface area contributed by atoms with Gasteiger partial charge in [-0.05, 0) is 49.8 Å². The van der Waals surface area contributed by atoms with Gasteiger partial charge in [0.05, 0.1) is 6.04 Å². The van der Waals surface area contributed by atoms with E-state index in [2.05, 4.69) is 15.6 Å². The van der Waals surface area contributed by atoms with Gasteiger partial charge < -0.3 is 48.1 Å². The summed E-state index contributed by atoms with van der Waals surface area (Å²) in [5, 5.41) is 32.8. The number of nitrogens with zero attached hydrogens (tertiary/aromatic N) is 2. The Labute approximate surface area is 230 Å². The summed E-state index contributed by atoms with van der Waals surface area (Å²) in [6.07, 6.45) is 0.710. The Morgan fingerprint density at radius 3 is 2.30 bits per heavy atom. The van der Waals surface area contributed by atoms with Crippen molar-refractivity contribution in [2.45, 2.75) is 69.1 Å². The van der Waals surface area contributed by atoms with E-state index in [4.69, 9.17) is 22.3 Å². The van der Waals surface area contributed by atoms with Crippen LogP contribution in [0.2, 0.25) is 0 Å². The molecule has 2 rings (SSSR count). The number of carboxylic acid groups (broad SMARTS) is 2. The molecule has 1 fully saturated rings. The van der Waals surface area contributed by atoms with Crippen LogP contribution < -0.4 is 27.8 Å². The lowest BCUT2D eigenvalue weighted by atomic mass is 10.0. The molecule has 40 heavy (non-hydrogen) atoms. The van der Waals surface area contributed by atoms with Crippen LogP contribution in [0.15, 0.2) is 29.3 Å². The second-order valence-electron chi connectivity index (χ2n) is 9.51.